The summed E-state index contributed by atoms with van der Waals surface area (Å²) in [6, 6.07) is 8.57. The zero-order valence-corrected chi connectivity index (χ0v) is 9.72. The van der Waals surface area contributed by atoms with Crippen molar-refractivity contribution < 1.29 is 0 Å². The fraction of sp³-hybridized carbons (Fsp3) is 0.308. The number of benzene rings is 1. The van der Waals surface area contributed by atoms with E-state index >= 15 is 0 Å². The van der Waals surface area contributed by atoms with Crippen molar-refractivity contribution in [1.82, 2.24) is 9.78 Å². The molecule has 1 aromatic heterocycles. The van der Waals surface area contributed by atoms with E-state index < -0.39 is 0 Å². The predicted octanol–water partition coefficient (Wildman–Crippen LogP) is 2.38. The van der Waals surface area contributed by atoms with Crippen LogP contribution in [0.5, 0.6) is 0 Å². The third-order valence-electron chi connectivity index (χ3n) is 2.85. The smallest absolute Gasteiger partial charge is 0.0613 e. The summed E-state index contributed by atoms with van der Waals surface area (Å²) >= 11 is 0. The third-order valence-corrected chi connectivity index (χ3v) is 2.85. The summed E-state index contributed by atoms with van der Waals surface area (Å²) in [6.07, 6.45) is 3.95. The molecule has 0 radical (unpaired) electrons. The summed E-state index contributed by atoms with van der Waals surface area (Å²) in [4.78, 5) is 0. The van der Waals surface area contributed by atoms with Crippen LogP contribution in [0.15, 0.2) is 36.7 Å². The SMILES string of the molecule is Cc1ccccc1-c1cnn([C@H](C)CN)c1. The van der Waals surface area contributed by atoms with Crippen molar-refractivity contribution in [2.75, 3.05) is 6.54 Å². The lowest BCUT2D eigenvalue weighted by molar-refractivity contribution is 0.501. The maximum Gasteiger partial charge on any atom is 0.0613 e. The molecule has 0 saturated heterocycles. The summed E-state index contributed by atoms with van der Waals surface area (Å²) in [6.45, 7) is 4.78. The van der Waals surface area contributed by atoms with E-state index in [1.165, 1.54) is 11.1 Å². The van der Waals surface area contributed by atoms with Gasteiger partial charge in [-0.25, -0.2) is 0 Å². The van der Waals surface area contributed by atoms with Crippen molar-refractivity contribution in [2.24, 2.45) is 5.73 Å². The van der Waals surface area contributed by atoms with Crippen LogP contribution in [-0.2, 0) is 0 Å². The minimum Gasteiger partial charge on any atom is -0.328 e. The highest BCUT2D eigenvalue weighted by Crippen LogP contribution is 2.23. The first kappa shape index (κ1) is 10.9. The molecule has 1 heterocycles. The average Bonchev–Trinajstić information content (AvgIpc) is 2.78. The number of hydrogen-bond donors (Lipinski definition) is 1. The van der Waals surface area contributed by atoms with Gasteiger partial charge in [0, 0.05) is 18.3 Å². The molecule has 1 aromatic carbocycles. The van der Waals surface area contributed by atoms with Crippen LogP contribution in [0.4, 0.5) is 0 Å². The Morgan fingerprint density at radius 3 is 2.81 bits per heavy atom. The molecule has 2 rings (SSSR count). The van der Waals surface area contributed by atoms with Crippen molar-refractivity contribution >= 4 is 0 Å². The fourth-order valence-electron chi connectivity index (χ4n) is 1.72. The second kappa shape index (κ2) is 4.49. The minimum absolute atomic E-state index is 0.248. The van der Waals surface area contributed by atoms with Gasteiger partial charge in [-0.3, -0.25) is 4.68 Å². The molecule has 0 fully saturated rings. The number of aromatic nitrogens is 2. The number of aryl methyl sites for hydroxylation is 1. The minimum atomic E-state index is 0.248. The Hall–Kier alpha value is -1.61. The molecular formula is C13H17N3. The van der Waals surface area contributed by atoms with Crippen LogP contribution in [0.25, 0.3) is 11.1 Å². The van der Waals surface area contributed by atoms with E-state index in [1.807, 2.05) is 23.0 Å². The summed E-state index contributed by atoms with van der Waals surface area (Å²) in [5.41, 5.74) is 9.27. The normalized spacial score (nSPS) is 12.7. The van der Waals surface area contributed by atoms with E-state index in [1.54, 1.807) is 0 Å². The van der Waals surface area contributed by atoms with Gasteiger partial charge in [0.15, 0.2) is 0 Å². The van der Waals surface area contributed by atoms with E-state index in [2.05, 4.69) is 37.3 Å². The third kappa shape index (κ3) is 1.99. The van der Waals surface area contributed by atoms with Gasteiger partial charge >= 0.3 is 0 Å². The molecule has 0 aliphatic rings. The van der Waals surface area contributed by atoms with Crippen molar-refractivity contribution in [3.8, 4) is 11.1 Å². The molecule has 0 aliphatic heterocycles. The van der Waals surface area contributed by atoms with Gasteiger partial charge < -0.3 is 5.73 Å². The zero-order valence-electron chi connectivity index (χ0n) is 9.72. The summed E-state index contributed by atoms with van der Waals surface area (Å²) < 4.78 is 1.92. The number of rotatable bonds is 3. The zero-order chi connectivity index (χ0) is 11.5. The number of nitrogens with zero attached hydrogens (tertiary/aromatic N) is 2. The van der Waals surface area contributed by atoms with Gasteiger partial charge in [0.1, 0.15) is 0 Å². The Balaban J connectivity index is 2.35. The number of hydrogen-bond acceptors (Lipinski definition) is 2. The first-order valence-corrected chi connectivity index (χ1v) is 5.52. The van der Waals surface area contributed by atoms with E-state index in [4.69, 9.17) is 5.73 Å². The highest BCUT2D eigenvalue weighted by atomic mass is 15.3. The monoisotopic (exact) mass is 215 g/mol. The highest BCUT2D eigenvalue weighted by Gasteiger charge is 2.07. The standard InChI is InChI=1S/C13H17N3/c1-10-5-3-4-6-13(10)12-8-15-16(9-12)11(2)7-14/h3-6,8-9,11H,7,14H2,1-2H3/t11-/m1/s1. The molecule has 0 bridgehead atoms. The molecule has 84 valence electrons. The first-order chi connectivity index (χ1) is 7.72. The first-order valence-electron chi connectivity index (χ1n) is 5.52. The van der Waals surface area contributed by atoms with Crippen molar-refractivity contribution in [1.29, 1.82) is 0 Å². The molecule has 2 aromatic rings. The summed E-state index contributed by atoms with van der Waals surface area (Å²) in [5, 5.41) is 4.34. The van der Waals surface area contributed by atoms with Gasteiger partial charge in [0.25, 0.3) is 0 Å². The second-order valence-electron chi connectivity index (χ2n) is 4.11. The molecule has 2 N–H and O–H groups in total. The average molecular weight is 215 g/mol. The summed E-state index contributed by atoms with van der Waals surface area (Å²) in [5.74, 6) is 0. The lowest BCUT2D eigenvalue weighted by atomic mass is 10.0. The maximum atomic E-state index is 5.62. The molecule has 3 heteroatoms. The van der Waals surface area contributed by atoms with Crippen LogP contribution in [-0.4, -0.2) is 16.3 Å². The second-order valence-corrected chi connectivity index (χ2v) is 4.11. The van der Waals surface area contributed by atoms with Crippen LogP contribution in [0, 0.1) is 6.92 Å². The van der Waals surface area contributed by atoms with Crippen molar-refractivity contribution in [3.05, 3.63) is 42.2 Å². The quantitative estimate of drug-likeness (QED) is 0.854. The van der Waals surface area contributed by atoms with Gasteiger partial charge in [0.2, 0.25) is 0 Å². The largest absolute Gasteiger partial charge is 0.328 e. The lowest BCUT2D eigenvalue weighted by Crippen LogP contribution is -2.16. The lowest BCUT2D eigenvalue weighted by Gasteiger charge is -2.08. The van der Waals surface area contributed by atoms with Gasteiger partial charge in [-0.05, 0) is 25.0 Å². The topological polar surface area (TPSA) is 43.8 Å². The Kier molecular flexibility index (Phi) is 3.06. The molecule has 16 heavy (non-hydrogen) atoms. The van der Waals surface area contributed by atoms with Gasteiger partial charge in [0.05, 0.1) is 12.2 Å². The highest BCUT2D eigenvalue weighted by molar-refractivity contribution is 5.65. The van der Waals surface area contributed by atoms with Crippen LogP contribution < -0.4 is 5.73 Å². The number of nitrogens with two attached hydrogens (primary N) is 1. The Morgan fingerprint density at radius 2 is 2.12 bits per heavy atom. The molecular weight excluding hydrogens is 198 g/mol. The molecule has 3 nitrogen and oxygen atoms in total. The van der Waals surface area contributed by atoms with Gasteiger partial charge in [-0.1, -0.05) is 24.3 Å². The summed E-state index contributed by atoms with van der Waals surface area (Å²) in [7, 11) is 0. The Morgan fingerprint density at radius 1 is 1.38 bits per heavy atom. The molecule has 0 spiro atoms. The van der Waals surface area contributed by atoms with E-state index in [0.717, 1.165) is 5.56 Å². The van der Waals surface area contributed by atoms with E-state index in [9.17, 15) is 0 Å². The van der Waals surface area contributed by atoms with Gasteiger partial charge in [-0.2, -0.15) is 5.10 Å². The predicted molar refractivity (Wildman–Crippen MR) is 66.2 cm³/mol. The van der Waals surface area contributed by atoms with Gasteiger partial charge in [-0.15, -0.1) is 0 Å². The van der Waals surface area contributed by atoms with Crippen LogP contribution >= 0.6 is 0 Å². The Labute approximate surface area is 95.9 Å². The molecule has 0 unspecified atom stereocenters. The fourth-order valence-corrected chi connectivity index (χ4v) is 1.72. The Bertz CT molecular complexity index is 474. The van der Waals surface area contributed by atoms with Crippen LogP contribution in [0.2, 0.25) is 0 Å². The van der Waals surface area contributed by atoms with Crippen LogP contribution in [0.3, 0.4) is 0 Å². The molecule has 0 amide bonds. The van der Waals surface area contributed by atoms with Crippen molar-refractivity contribution in [2.45, 2.75) is 19.9 Å². The van der Waals surface area contributed by atoms with E-state index in [-0.39, 0.29) is 6.04 Å². The maximum absolute atomic E-state index is 5.62. The molecule has 0 saturated carbocycles. The molecule has 0 aliphatic carbocycles. The van der Waals surface area contributed by atoms with E-state index in [0.29, 0.717) is 6.54 Å². The molecule has 1 atom stereocenters. The van der Waals surface area contributed by atoms with Crippen LogP contribution in [0.1, 0.15) is 18.5 Å². The van der Waals surface area contributed by atoms with Crippen molar-refractivity contribution in [3.63, 3.8) is 0 Å².